The summed E-state index contributed by atoms with van der Waals surface area (Å²) in [5.74, 6) is 0.444. The quantitative estimate of drug-likeness (QED) is 0.798. The minimum Gasteiger partial charge on any atom is -0.444 e. The van der Waals surface area contributed by atoms with E-state index in [-0.39, 0.29) is 11.9 Å². The van der Waals surface area contributed by atoms with E-state index in [1.165, 1.54) is 19.4 Å². The van der Waals surface area contributed by atoms with Crippen LogP contribution in [0.5, 0.6) is 0 Å². The molecule has 0 radical (unpaired) electrons. The van der Waals surface area contributed by atoms with Gasteiger partial charge in [-0.25, -0.2) is 0 Å². The second-order valence-electron chi connectivity index (χ2n) is 5.20. The molecule has 0 aliphatic carbocycles. The Labute approximate surface area is 115 Å². The van der Waals surface area contributed by atoms with Crippen molar-refractivity contribution in [1.29, 1.82) is 0 Å². The number of nitrogens with zero attached hydrogens (tertiary/aromatic N) is 2. The average Bonchev–Trinajstić information content (AvgIpc) is 2.95. The number of furan rings is 1. The number of hydrogen-bond acceptors (Lipinski definition) is 3. The van der Waals surface area contributed by atoms with Crippen LogP contribution in [0, 0.1) is 0 Å². The van der Waals surface area contributed by atoms with E-state index in [1.54, 1.807) is 12.1 Å². The van der Waals surface area contributed by atoms with E-state index in [2.05, 4.69) is 27.8 Å². The van der Waals surface area contributed by atoms with Crippen LogP contribution in [0.15, 0.2) is 21.2 Å². The Hall–Kier alpha value is -0.810. The molecule has 4 nitrogen and oxygen atoms in total. The summed E-state index contributed by atoms with van der Waals surface area (Å²) >= 11 is 3.24. The van der Waals surface area contributed by atoms with Gasteiger partial charge in [0.05, 0.1) is 0 Å². The third-order valence-electron chi connectivity index (χ3n) is 3.98. The van der Waals surface area contributed by atoms with Crippen LogP contribution < -0.4 is 0 Å². The van der Waals surface area contributed by atoms with Gasteiger partial charge >= 0.3 is 0 Å². The molecule has 0 saturated carbocycles. The van der Waals surface area contributed by atoms with E-state index in [4.69, 9.17) is 4.42 Å². The molecule has 2 unspecified atom stereocenters. The van der Waals surface area contributed by atoms with Crippen LogP contribution in [0.4, 0.5) is 0 Å². The zero-order valence-electron chi connectivity index (χ0n) is 10.4. The lowest BCUT2D eigenvalue weighted by atomic mass is 10.1. The standard InChI is InChI=1S/C13H17BrN2O2/c1-9-7-15-6-2-3-10(15)8-16(9)13(17)11-4-5-12(14)18-11/h4-5,9-10H,2-3,6-8H2,1H3. The van der Waals surface area contributed by atoms with Crippen LogP contribution in [-0.2, 0) is 0 Å². The predicted octanol–water partition coefficient (Wildman–Crippen LogP) is 2.35. The molecule has 1 aromatic rings. The Morgan fingerprint density at radius 2 is 2.28 bits per heavy atom. The Kier molecular flexibility index (Phi) is 3.20. The van der Waals surface area contributed by atoms with Crippen LogP contribution in [0.25, 0.3) is 0 Å². The van der Waals surface area contributed by atoms with E-state index in [9.17, 15) is 4.79 Å². The molecule has 98 valence electrons. The normalized spacial score (nSPS) is 28.4. The van der Waals surface area contributed by atoms with Crippen molar-refractivity contribution < 1.29 is 9.21 Å². The van der Waals surface area contributed by atoms with Crippen molar-refractivity contribution in [3.8, 4) is 0 Å². The van der Waals surface area contributed by atoms with Gasteiger partial charge in [-0.1, -0.05) is 0 Å². The summed E-state index contributed by atoms with van der Waals surface area (Å²) < 4.78 is 5.98. The smallest absolute Gasteiger partial charge is 0.289 e. The zero-order chi connectivity index (χ0) is 12.7. The average molecular weight is 313 g/mol. The maximum atomic E-state index is 12.4. The highest BCUT2D eigenvalue weighted by molar-refractivity contribution is 9.10. The molecule has 0 N–H and O–H groups in total. The molecular formula is C13H17BrN2O2. The first-order valence-electron chi connectivity index (χ1n) is 6.45. The molecule has 3 rings (SSSR count). The number of fused-ring (bicyclic) bond motifs is 1. The van der Waals surface area contributed by atoms with Gasteiger partial charge in [0, 0.05) is 25.2 Å². The van der Waals surface area contributed by atoms with E-state index in [0.29, 0.717) is 16.5 Å². The largest absolute Gasteiger partial charge is 0.444 e. The fraction of sp³-hybridized carbons (Fsp3) is 0.615. The summed E-state index contributed by atoms with van der Waals surface area (Å²) in [7, 11) is 0. The van der Waals surface area contributed by atoms with Gasteiger partial charge in [-0.05, 0) is 54.4 Å². The third-order valence-corrected chi connectivity index (χ3v) is 4.41. The summed E-state index contributed by atoms with van der Waals surface area (Å²) in [5.41, 5.74) is 0. The summed E-state index contributed by atoms with van der Waals surface area (Å²) in [6.07, 6.45) is 2.46. The van der Waals surface area contributed by atoms with Crippen LogP contribution in [0.3, 0.4) is 0 Å². The molecular weight excluding hydrogens is 296 g/mol. The first-order valence-corrected chi connectivity index (χ1v) is 7.25. The molecule has 2 aliphatic heterocycles. The van der Waals surface area contributed by atoms with E-state index in [0.717, 1.165) is 13.1 Å². The number of piperazine rings is 1. The van der Waals surface area contributed by atoms with Gasteiger partial charge in [0.15, 0.2) is 10.4 Å². The second kappa shape index (κ2) is 4.70. The van der Waals surface area contributed by atoms with Gasteiger partial charge in [0.1, 0.15) is 0 Å². The molecule has 0 aromatic carbocycles. The molecule has 0 spiro atoms. The highest BCUT2D eigenvalue weighted by atomic mass is 79.9. The molecule has 1 aromatic heterocycles. The number of halogens is 1. The molecule has 2 atom stereocenters. The number of hydrogen-bond donors (Lipinski definition) is 0. The molecule has 5 heteroatoms. The molecule has 1 amide bonds. The van der Waals surface area contributed by atoms with Crippen LogP contribution in [-0.4, -0.2) is 47.4 Å². The van der Waals surface area contributed by atoms with Gasteiger partial charge in [0.2, 0.25) is 0 Å². The number of carbonyl (C=O) groups excluding carboxylic acids is 1. The molecule has 2 fully saturated rings. The van der Waals surface area contributed by atoms with Gasteiger partial charge in [-0.15, -0.1) is 0 Å². The van der Waals surface area contributed by atoms with Gasteiger partial charge in [0.25, 0.3) is 5.91 Å². The lowest BCUT2D eigenvalue weighted by molar-refractivity contribution is 0.0367. The fourth-order valence-electron chi connectivity index (χ4n) is 3.04. The van der Waals surface area contributed by atoms with Crippen molar-refractivity contribution in [2.24, 2.45) is 0 Å². The predicted molar refractivity (Wildman–Crippen MR) is 71.5 cm³/mol. The number of rotatable bonds is 1. The van der Waals surface area contributed by atoms with Gasteiger partial charge < -0.3 is 9.32 Å². The Morgan fingerprint density at radius 1 is 1.44 bits per heavy atom. The molecule has 18 heavy (non-hydrogen) atoms. The summed E-state index contributed by atoms with van der Waals surface area (Å²) in [5, 5.41) is 0. The van der Waals surface area contributed by atoms with Crippen molar-refractivity contribution in [2.75, 3.05) is 19.6 Å². The zero-order valence-corrected chi connectivity index (χ0v) is 12.0. The first-order chi connectivity index (χ1) is 8.65. The molecule has 3 heterocycles. The van der Waals surface area contributed by atoms with Crippen molar-refractivity contribution in [1.82, 2.24) is 9.80 Å². The van der Waals surface area contributed by atoms with Crippen LogP contribution >= 0.6 is 15.9 Å². The third kappa shape index (κ3) is 2.10. The van der Waals surface area contributed by atoms with Gasteiger partial charge in [-0.3, -0.25) is 9.69 Å². The lowest BCUT2D eigenvalue weighted by Crippen LogP contribution is -2.56. The van der Waals surface area contributed by atoms with Crippen molar-refractivity contribution in [3.63, 3.8) is 0 Å². The molecule has 2 saturated heterocycles. The topological polar surface area (TPSA) is 36.7 Å². The maximum Gasteiger partial charge on any atom is 0.289 e. The molecule has 0 bridgehead atoms. The van der Waals surface area contributed by atoms with Gasteiger partial charge in [-0.2, -0.15) is 0 Å². The first kappa shape index (κ1) is 12.2. The highest BCUT2D eigenvalue weighted by Gasteiger charge is 2.37. The summed E-state index contributed by atoms with van der Waals surface area (Å²) in [4.78, 5) is 16.9. The maximum absolute atomic E-state index is 12.4. The van der Waals surface area contributed by atoms with Crippen molar-refractivity contribution in [3.05, 3.63) is 22.6 Å². The van der Waals surface area contributed by atoms with E-state index in [1.807, 2.05) is 4.90 Å². The van der Waals surface area contributed by atoms with Crippen LogP contribution in [0.1, 0.15) is 30.3 Å². The van der Waals surface area contributed by atoms with Crippen molar-refractivity contribution in [2.45, 2.75) is 31.8 Å². The second-order valence-corrected chi connectivity index (χ2v) is 5.98. The molecule has 2 aliphatic rings. The van der Waals surface area contributed by atoms with Crippen molar-refractivity contribution >= 4 is 21.8 Å². The summed E-state index contributed by atoms with van der Waals surface area (Å²) in [6, 6.07) is 4.31. The Balaban J connectivity index is 1.77. The Morgan fingerprint density at radius 3 is 3.00 bits per heavy atom. The fourth-order valence-corrected chi connectivity index (χ4v) is 3.35. The SMILES string of the molecule is CC1CN2CCCC2CN1C(=O)c1ccc(Br)o1. The minimum atomic E-state index is 0.0137. The van der Waals surface area contributed by atoms with E-state index >= 15 is 0 Å². The minimum absolute atomic E-state index is 0.0137. The number of amides is 1. The van der Waals surface area contributed by atoms with Crippen LogP contribution in [0.2, 0.25) is 0 Å². The number of carbonyl (C=O) groups is 1. The van der Waals surface area contributed by atoms with E-state index < -0.39 is 0 Å². The Bertz CT molecular complexity index is 460. The highest BCUT2D eigenvalue weighted by Crippen LogP contribution is 2.26. The monoisotopic (exact) mass is 312 g/mol. The summed E-state index contributed by atoms with van der Waals surface area (Å²) in [6.45, 7) is 5.12. The lowest BCUT2D eigenvalue weighted by Gasteiger charge is -2.41.